The molecule has 0 fully saturated rings. The summed E-state index contributed by atoms with van der Waals surface area (Å²) in [4.78, 5) is 0.0639. The standard InChI is InChI=1S/C16H15ClFNO4S/c1-2-19(11-3-5-14(18)13(17)9-11)24(20,21)12-4-6-15-16(10-12)23-8-7-22-15/h3-6,9-10H,2,7-8H2,1H3. The van der Waals surface area contributed by atoms with Crippen LogP contribution in [0.15, 0.2) is 41.3 Å². The number of nitrogens with zero attached hydrogens (tertiary/aromatic N) is 1. The van der Waals surface area contributed by atoms with Gasteiger partial charge in [0.2, 0.25) is 0 Å². The van der Waals surface area contributed by atoms with Crippen molar-refractivity contribution >= 4 is 27.3 Å². The van der Waals surface area contributed by atoms with Gasteiger partial charge in [0.1, 0.15) is 19.0 Å². The summed E-state index contributed by atoms with van der Waals surface area (Å²) >= 11 is 5.77. The monoisotopic (exact) mass is 371 g/mol. The summed E-state index contributed by atoms with van der Waals surface area (Å²) in [5, 5.41) is -0.136. The third-order valence-electron chi connectivity index (χ3n) is 3.58. The largest absolute Gasteiger partial charge is 0.486 e. The van der Waals surface area contributed by atoms with Crippen LogP contribution in [0.3, 0.4) is 0 Å². The fraction of sp³-hybridized carbons (Fsp3) is 0.250. The number of halogens is 2. The molecule has 1 heterocycles. The van der Waals surface area contributed by atoms with Crippen LogP contribution in [0.1, 0.15) is 6.92 Å². The highest BCUT2D eigenvalue weighted by Crippen LogP contribution is 2.34. The summed E-state index contributed by atoms with van der Waals surface area (Å²) in [6.07, 6.45) is 0. The van der Waals surface area contributed by atoms with Crippen molar-refractivity contribution in [3.8, 4) is 11.5 Å². The Morgan fingerprint density at radius 2 is 1.83 bits per heavy atom. The quantitative estimate of drug-likeness (QED) is 0.825. The first kappa shape index (κ1) is 16.9. The van der Waals surface area contributed by atoms with E-state index in [9.17, 15) is 12.8 Å². The molecule has 0 aliphatic carbocycles. The zero-order valence-electron chi connectivity index (χ0n) is 12.8. The minimum Gasteiger partial charge on any atom is -0.486 e. The number of rotatable bonds is 4. The van der Waals surface area contributed by atoms with Gasteiger partial charge in [-0.25, -0.2) is 12.8 Å². The summed E-state index contributed by atoms with van der Waals surface area (Å²) in [5.74, 6) is 0.289. The Morgan fingerprint density at radius 3 is 2.50 bits per heavy atom. The van der Waals surface area contributed by atoms with Gasteiger partial charge in [-0.3, -0.25) is 4.31 Å². The molecule has 0 spiro atoms. The highest BCUT2D eigenvalue weighted by atomic mass is 35.5. The molecule has 0 aromatic heterocycles. The average molecular weight is 372 g/mol. The molecule has 2 aromatic rings. The molecular formula is C16H15ClFNO4S. The molecular weight excluding hydrogens is 357 g/mol. The van der Waals surface area contributed by atoms with Crippen molar-refractivity contribution in [1.82, 2.24) is 0 Å². The van der Waals surface area contributed by atoms with Crippen molar-refractivity contribution in [2.24, 2.45) is 0 Å². The van der Waals surface area contributed by atoms with Crippen molar-refractivity contribution in [1.29, 1.82) is 0 Å². The van der Waals surface area contributed by atoms with Gasteiger partial charge in [0.25, 0.3) is 10.0 Å². The Balaban J connectivity index is 2.02. The van der Waals surface area contributed by atoms with Crippen LogP contribution in [-0.4, -0.2) is 28.2 Å². The van der Waals surface area contributed by atoms with Crippen LogP contribution in [0.5, 0.6) is 11.5 Å². The Morgan fingerprint density at radius 1 is 1.12 bits per heavy atom. The Kier molecular flexibility index (Phi) is 4.56. The smallest absolute Gasteiger partial charge is 0.264 e. The SMILES string of the molecule is CCN(c1ccc(F)c(Cl)c1)S(=O)(=O)c1ccc2c(c1)OCCO2. The second-order valence-corrected chi connectivity index (χ2v) is 7.34. The first-order valence-corrected chi connectivity index (χ1v) is 9.12. The molecule has 0 atom stereocenters. The molecule has 0 saturated heterocycles. The van der Waals surface area contributed by atoms with Crippen molar-refractivity contribution in [3.05, 3.63) is 47.2 Å². The summed E-state index contributed by atoms with van der Waals surface area (Å²) in [5.41, 5.74) is 0.291. The van der Waals surface area contributed by atoms with E-state index in [1.807, 2.05) is 0 Å². The lowest BCUT2D eigenvalue weighted by atomic mass is 10.3. The minimum absolute atomic E-state index is 0.0639. The van der Waals surface area contributed by atoms with Crippen LogP contribution in [-0.2, 0) is 10.0 Å². The molecule has 0 bridgehead atoms. The number of sulfonamides is 1. The third-order valence-corrected chi connectivity index (χ3v) is 5.77. The lowest BCUT2D eigenvalue weighted by Gasteiger charge is -2.24. The predicted octanol–water partition coefficient (Wildman–Crippen LogP) is 3.47. The molecule has 0 N–H and O–H groups in total. The zero-order valence-corrected chi connectivity index (χ0v) is 14.4. The number of benzene rings is 2. The molecule has 0 amide bonds. The van der Waals surface area contributed by atoms with Crippen molar-refractivity contribution in [3.63, 3.8) is 0 Å². The van der Waals surface area contributed by atoms with Crippen LogP contribution >= 0.6 is 11.6 Å². The number of hydrogen-bond acceptors (Lipinski definition) is 4. The van der Waals surface area contributed by atoms with Crippen molar-refractivity contribution in [2.45, 2.75) is 11.8 Å². The van der Waals surface area contributed by atoms with Crippen LogP contribution in [0.25, 0.3) is 0 Å². The molecule has 5 nitrogen and oxygen atoms in total. The van der Waals surface area contributed by atoms with Gasteiger partial charge < -0.3 is 9.47 Å². The van der Waals surface area contributed by atoms with Gasteiger partial charge in [0, 0.05) is 12.6 Å². The average Bonchev–Trinajstić information content (AvgIpc) is 2.58. The normalized spacial score (nSPS) is 13.6. The van der Waals surface area contributed by atoms with Gasteiger partial charge in [-0.1, -0.05) is 11.6 Å². The van der Waals surface area contributed by atoms with Gasteiger partial charge in [-0.05, 0) is 37.3 Å². The van der Waals surface area contributed by atoms with Gasteiger partial charge >= 0.3 is 0 Å². The lowest BCUT2D eigenvalue weighted by molar-refractivity contribution is 0.171. The second kappa shape index (κ2) is 6.49. The second-order valence-electron chi connectivity index (χ2n) is 5.07. The van der Waals surface area contributed by atoms with E-state index in [-0.39, 0.29) is 16.5 Å². The molecule has 24 heavy (non-hydrogen) atoms. The first-order chi connectivity index (χ1) is 11.4. The molecule has 2 aromatic carbocycles. The molecule has 128 valence electrons. The van der Waals surface area contributed by atoms with Gasteiger partial charge in [0.05, 0.1) is 15.6 Å². The molecule has 1 aliphatic heterocycles. The summed E-state index contributed by atoms with van der Waals surface area (Å²) in [6, 6.07) is 8.25. The fourth-order valence-corrected chi connectivity index (χ4v) is 4.10. The van der Waals surface area contributed by atoms with Crippen LogP contribution in [0.2, 0.25) is 5.02 Å². The molecule has 0 saturated carbocycles. The van der Waals surface area contributed by atoms with E-state index >= 15 is 0 Å². The van der Waals surface area contributed by atoms with Crippen LogP contribution < -0.4 is 13.8 Å². The van der Waals surface area contributed by atoms with Crippen molar-refractivity contribution in [2.75, 3.05) is 24.1 Å². The maximum absolute atomic E-state index is 13.3. The maximum Gasteiger partial charge on any atom is 0.264 e. The van der Waals surface area contributed by atoms with E-state index < -0.39 is 15.8 Å². The number of hydrogen-bond donors (Lipinski definition) is 0. The number of fused-ring (bicyclic) bond motifs is 1. The van der Waals surface area contributed by atoms with E-state index in [4.69, 9.17) is 21.1 Å². The minimum atomic E-state index is -3.85. The topological polar surface area (TPSA) is 55.8 Å². The maximum atomic E-state index is 13.3. The Hall–Kier alpha value is -1.99. The summed E-state index contributed by atoms with van der Waals surface area (Å²) in [7, 11) is -3.85. The predicted molar refractivity (Wildman–Crippen MR) is 89.0 cm³/mol. The van der Waals surface area contributed by atoms with Crippen LogP contribution in [0, 0.1) is 5.82 Å². The van der Waals surface area contributed by atoms with E-state index in [1.54, 1.807) is 13.0 Å². The summed E-state index contributed by atoms with van der Waals surface area (Å²) < 4.78 is 51.2. The summed E-state index contributed by atoms with van der Waals surface area (Å²) in [6.45, 7) is 2.64. The lowest BCUT2D eigenvalue weighted by Crippen LogP contribution is -2.31. The zero-order chi connectivity index (χ0) is 17.3. The molecule has 0 unspecified atom stereocenters. The fourth-order valence-electron chi connectivity index (χ4n) is 2.44. The highest BCUT2D eigenvalue weighted by Gasteiger charge is 2.26. The highest BCUT2D eigenvalue weighted by molar-refractivity contribution is 7.92. The molecule has 3 rings (SSSR count). The van der Waals surface area contributed by atoms with Crippen molar-refractivity contribution < 1.29 is 22.3 Å². The van der Waals surface area contributed by atoms with Gasteiger partial charge in [-0.2, -0.15) is 0 Å². The number of anilines is 1. The van der Waals surface area contributed by atoms with E-state index in [0.29, 0.717) is 30.4 Å². The van der Waals surface area contributed by atoms with Crippen LogP contribution in [0.4, 0.5) is 10.1 Å². The Bertz CT molecular complexity index is 872. The first-order valence-electron chi connectivity index (χ1n) is 7.31. The Labute approximate surface area is 144 Å². The number of ether oxygens (including phenoxy) is 2. The molecule has 0 radical (unpaired) electrons. The molecule has 8 heteroatoms. The third kappa shape index (κ3) is 3.01. The van der Waals surface area contributed by atoms with E-state index in [1.165, 1.54) is 24.3 Å². The van der Waals surface area contributed by atoms with Gasteiger partial charge in [-0.15, -0.1) is 0 Å². The van der Waals surface area contributed by atoms with Gasteiger partial charge in [0.15, 0.2) is 11.5 Å². The van der Waals surface area contributed by atoms with E-state index in [0.717, 1.165) is 10.4 Å². The van der Waals surface area contributed by atoms with E-state index in [2.05, 4.69) is 0 Å². The molecule has 1 aliphatic rings.